The molecule has 0 aromatic heterocycles. The number of carbonyl (C=O) groups is 2. The molecule has 0 amide bonds. The van der Waals surface area contributed by atoms with E-state index in [2.05, 4.69) is 20.8 Å². The number of quaternary nitrogens is 1. The molecule has 0 bridgehead atoms. The third kappa shape index (κ3) is 6.53. The van der Waals surface area contributed by atoms with Crippen molar-refractivity contribution in [1.82, 2.24) is 0 Å². The van der Waals surface area contributed by atoms with E-state index in [1.165, 1.54) is 58.2 Å². The van der Waals surface area contributed by atoms with Crippen molar-refractivity contribution in [2.75, 3.05) is 19.6 Å². The molecule has 2 aromatic carbocycles. The highest BCUT2D eigenvalue weighted by molar-refractivity contribution is 6.61. The van der Waals surface area contributed by atoms with Gasteiger partial charge in [-0.3, -0.25) is 9.59 Å². The van der Waals surface area contributed by atoms with E-state index in [4.69, 9.17) is 18.6 Å². The van der Waals surface area contributed by atoms with Crippen LogP contribution < -0.4 is 14.2 Å². The molecule has 1 N–H and O–H groups in total. The molecule has 0 saturated carbocycles. The van der Waals surface area contributed by atoms with Crippen molar-refractivity contribution in [3.63, 3.8) is 0 Å². The minimum atomic E-state index is -2.97. The maximum atomic E-state index is 12.0. The number of para-hydroxylation sites is 2. The Morgan fingerprint density at radius 1 is 0.618 bits per heavy atom. The highest BCUT2D eigenvalue weighted by Gasteiger charge is 2.52. The van der Waals surface area contributed by atoms with Gasteiger partial charge in [0.1, 0.15) is 0 Å². The Hall–Kier alpha value is -3.00. The van der Waals surface area contributed by atoms with Crippen LogP contribution in [0.1, 0.15) is 80.0 Å². The van der Waals surface area contributed by atoms with Crippen LogP contribution >= 0.6 is 0 Å². The van der Waals surface area contributed by atoms with Gasteiger partial charge in [0.05, 0.1) is 42.3 Å². The van der Waals surface area contributed by atoms with E-state index < -0.39 is 18.9 Å². The summed E-state index contributed by atoms with van der Waals surface area (Å²) in [6, 6.07) is 13.0. The summed E-state index contributed by atoms with van der Waals surface area (Å²) in [6.45, 7) is 8.09. The summed E-state index contributed by atoms with van der Waals surface area (Å²) < 4.78 is 21.2. The number of rotatable bonds is 9. The van der Waals surface area contributed by atoms with Crippen LogP contribution in [0.15, 0.2) is 48.5 Å². The van der Waals surface area contributed by atoms with Crippen LogP contribution in [-0.4, -0.2) is 38.5 Å². The first-order valence-electron chi connectivity index (χ1n) is 12.5. The first kappa shape index (κ1) is 25.6. The summed E-state index contributed by atoms with van der Waals surface area (Å²) in [6.07, 6.45) is 8.26. The third-order valence-electron chi connectivity index (χ3n) is 5.91. The largest absolute Gasteiger partial charge is 0.781 e. The Bertz CT molecular complexity index is 881. The molecule has 34 heavy (non-hydrogen) atoms. The van der Waals surface area contributed by atoms with Gasteiger partial charge in [-0.2, -0.15) is 0 Å². The topological polar surface area (TPSA) is 75.5 Å². The number of carbonyl (C=O) groups excluding carboxylic acids is 2. The van der Waals surface area contributed by atoms with E-state index in [9.17, 15) is 9.59 Å². The molecular weight excluding hydrogens is 433 g/mol. The lowest BCUT2D eigenvalue weighted by atomic mass is 9.96. The number of unbranched alkanes of at least 4 members (excludes halogenated alkanes) is 3. The monoisotopic (exact) mass is 469 g/mol. The number of hydrogen-bond acceptors (Lipinski definition) is 6. The zero-order valence-electron chi connectivity index (χ0n) is 20.5. The van der Waals surface area contributed by atoms with Gasteiger partial charge >= 0.3 is 18.9 Å². The van der Waals surface area contributed by atoms with Crippen LogP contribution in [0.2, 0.25) is 0 Å². The molecule has 2 aliphatic rings. The van der Waals surface area contributed by atoms with Gasteiger partial charge in [0.2, 0.25) is 0 Å². The van der Waals surface area contributed by atoms with Gasteiger partial charge in [-0.25, -0.2) is 0 Å². The van der Waals surface area contributed by atoms with E-state index in [0.29, 0.717) is 0 Å². The van der Waals surface area contributed by atoms with Crippen LogP contribution in [0.4, 0.5) is 0 Å². The second-order valence-corrected chi connectivity index (χ2v) is 8.68. The average molecular weight is 469 g/mol. The molecule has 184 valence electrons. The molecule has 0 atom stereocenters. The minimum absolute atomic E-state index is 0.251. The van der Waals surface area contributed by atoms with E-state index in [0.717, 1.165) is 0 Å². The zero-order chi connectivity index (χ0) is 24.4. The smallest absolute Gasteiger partial charge is 0.610 e. The summed E-state index contributed by atoms with van der Waals surface area (Å²) in [4.78, 5) is 25.9. The SMILES string of the molecule is CCCC[NH+](CCCC)CCCC.O=C1O[B-]2(OC(=O)c3ccccc3O2)Oc2ccccc21. The van der Waals surface area contributed by atoms with Gasteiger partial charge in [0.25, 0.3) is 0 Å². The first-order chi connectivity index (χ1) is 16.5. The molecular formula is C26H36BNO6. The summed E-state index contributed by atoms with van der Waals surface area (Å²) >= 11 is 0. The maximum Gasteiger partial charge on any atom is 0.781 e. The quantitative estimate of drug-likeness (QED) is 0.555. The summed E-state index contributed by atoms with van der Waals surface area (Å²) in [5.41, 5.74) is 0.506. The molecule has 2 aromatic rings. The fourth-order valence-corrected chi connectivity index (χ4v) is 3.98. The number of fused-ring (bicyclic) bond motifs is 2. The van der Waals surface area contributed by atoms with Crippen molar-refractivity contribution in [3.8, 4) is 11.5 Å². The highest BCUT2D eigenvalue weighted by atomic mass is 16.9. The number of nitrogens with one attached hydrogen (secondary N) is 1. The molecule has 0 unspecified atom stereocenters. The molecule has 0 saturated heterocycles. The molecule has 7 nitrogen and oxygen atoms in total. The van der Waals surface area contributed by atoms with E-state index in [1.807, 2.05) is 4.90 Å². The van der Waals surface area contributed by atoms with Crippen molar-refractivity contribution in [2.24, 2.45) is 0 Å². The van der Waals surface area contributed by atoms with Crippen molar-refractivity contribution in [1.29, 1.82) is 0 Å². The molecule has 0 radical (unpaired) electrons. The third-order valence-corrected chi connectivity index (χ3v) is 5.91. The predicted molar refractivity (Wildman–Crippen MR) is 131 cm³/mol. The molecule has 1 spiro atoms. The average Bonchev–Trinajstić information content (AvgIpc) is 2.84. The Balaban J connectivity index is 0.000000218. The van der Waals surface area contributed by atoms with Crippen LogP contribution in [0.25, 0.3) is 0 Å². The van der Waals surface area contributed by atoms with Gasteiger partial charge < -0.3 is 23.5 Å². The van der Waals surface area contributed by atoms with E-state index in [1.54, 1.807) is 48.5 Å². The van der Waals surface area contributed by atoms with Crippen LogP contribution in [-0.2, 0) is 9.31 Å². The fraction of sp³-hybridized carbons (Fsp3) is 0.462. The van der Waals surface area contributed by atoms with E-state index >= 15 is 0 Å². The molecule has 4 rings (SSSR count). The lowest BCUT2D eigenvalue weighted by molar-refractivity contribution is -0.900. The van der Waals surface area contributed by atoms with Gasteiger partial charge in [-0.15, -0.1) is 0 Å². The number of hydrogen-bond donors (Lipinski definition) is 1. The Morgan fingerprint density at radius 3 is 1.38 bits per heavy atom. The standard InChI is InChI=1S/C14H8BO6.C12H27N/c16-13-9-5-1-3-7-11(9)18-15(20-13)19-12-8-4-2-6-10(12)14(17)21-15;1-4-7-10-13(11-8-5-2)12-9-6-3/h1-8H;4-12H2,1-3H3/q-1;/p+1. The highest BCUT2D eigenvalue weighted by Crippen LogP contribution is 2.35. The van der Waals surface area contributed by atoms with Gasteiger partial charge in [0, 0.05) is 0 Å². The fourth-order valence-electron chi connectivity index (χ4n) is 3.98. The van der Waals surface area contributed by atoms with E-state index in [-0.39, 0.29) is 22.6 Å². The summed E-state index contributed by atoms with van der Waals surface area (Å²) in [5.74, 6) is -0.824. The molecule has 2 heterocycles. The molecule has 0 fully saturated rings. The maximum absolute atomic E-state index is 12.0. The Labute approximate surface area is 202 Å². The van der Waals surface area contributed by atoms with Crippen LogP contribution in [0.5, 0.6) is 11.5 Å². The summed E-state index contributed by atoms with van der Waals surface area (Å²) in [7, 11) is 0. The Morgan fingerprint density at radius 2 is 1.00 bits per heavy atom. The van der Waals surface area contributed by atoms with Gasteiger partial charge in [-0.1, -0.05) is 64.3 Å². The van der Waals surface area contributed by atoms with Crippen LogP contribution in [0.3, 0.4) is 0 Å². The molecule has 0 aliphatic carbocycles. The van der Waals surface area contributed by atoms with Gasteiger partial charge in [-0.05, 0) is 43.5 Å². The zero-order valence-corrected chi connectivity index (χ0v) is 20.5. The minimum Gasteiger partial charge on any atom is -0.610 e. The lowest BCUT2D eigenvalue weighted by Crippen LogP contribution is -3.12. The second kappa shape index (κ2) is 12.5. The first-order valence-corrected chi connectivity index (χ1v) is 12.5. The number of benzene rings is 2. The normalized spacial score (nSPS) is 15.2. The van der Waals surface area contributed by atoms with Crippen molar-refractivity contribution < 1.29 is 33.1 Å². The van der Waals surface area contributed by atoms with Gasteiger partial charge in [0.15, 0.2) is 0 Å². The van der Waals surface area contributed by atoms with Crippen LogP contribution in [0, 0.1) is 0 Å². The second-order valence-electron chi connectivity index (χ2n) is 8.68. The predicted octanol–water partition coefficient (Wildman–Crippen LogP) is 4.19. The lowest BCUT2D eigenvalue weighted by Gasteiger charge is -2.45. The summed E-state index contributed by atoms with van der Waals surface area (Å²) in [5, 5.41) is 0. The Kier molecular flexibility index (Phi) is 9.39. The van der Waals surface area contributed by atoms with Crippen molar-refractivity contribution >= 4 is 18.9 Å². The molecule has 8 heteroatoms. The van der Waals surface area contributed by atoms with Crippen molar-refractivity contribution in [3.05, 3.63) is 59.7 Å². The molecule has 2 aliphatic heterocycles. The van der Waals surface area contributed by atoms with Crippen molar-refractivity contribution in [2.45, 2.75) is 59.3 Å².